The van der Waals surface area contributed by atoms with E-state index in [2.05, 4.69) is 68.5 Å². The standard InChI is InChI=1S/C13H22O2Si3.2H2/c1-9-10-11-12-13-18(8,14-16(2,3)4)15-17(5,6)7;;/h1H,2-8H3;2*1H. The lowest BCUT2D eigenvalue weighted by molar-refractivity contribution is 0.406. The monoisotopic (exact) mass is 298 g/mol. The summed E-state index contributed by atoms with van der Waals surface area (Å²) in [5.41, 5.74) is 3.09. The molecule has 0 aromatic rings. The lowest BCUT2D eigenvalue weighted by Gasteiger charge is -2.34. The van der Waals surface area contributed by atoms with Gasteiger partial charge in [0, 0.05) is 2.85 Å². The number of hydrogen-bond acceptors (Lipinski definition) is 2. The van der Waals surface area contributed by atoms with Crippen LogP contribution < -0.4 is 0 Å². The first-order chi connectivity index (χ1) is 7.97. The van der Waals surface area contributed by atoms with Gasteiger partial charge in [-0.25, -0.2) is 0 Å². The van der Waals surface area contributed by atoms with E-state index in [9.17, 15) is 0 Å². The zero-order chi connectivity index (χ0) is 14.4. The fraction of sp³-hybridized carbons (Fsp3) is 0.538. The average Bonchev–Trinajstić information content (AvgIpc) is 2.05. The van der Waals surface area contributed by atoms with Crippen LogP contribution in [0, 0.1) is 35.6 Å². The molecule has 0 rings (SSSR count). The van der Waals surface area contributed by atoms with Crippen LogP contribution in [0.5, 0.6) is 0 Å². The van der Waals surface area contributed by atoms with E-state index in [-0.39, 0.29) is 2.85 Å². The van der Waals surface area contributed by atoms with Gasteiger partial charge in [-0.1, -0.05) is 5.54 Å². The maximum Gasteiger partial charge on any atom is 0.401 e. The molecule has 2 nitrogen and oxygen atoms in total. The highest BCUT2D eigenvalue weighted by Gasteiger charge is 2.39. The third-order valence-corrected chi connectivity index (χ3v) is 10.1. The van der Waals surface area contributed by atoms with Crippen LogP contribution in [0.15, 0.2) is 0 Å². The molecule has 0 radical (unpaired) electrons. The first-order valence-electron chi connectivity index (χ1n) is 5.86. The second-order valence-corrected chi connectivity index (χ2v) is 18.2. The summed E-state index contributed by atoms with van der Waals surface area (Å²) in [7, 11) is -5.86. The lowest BCUT2D eigenvalue weighted by Crippen LogP contribution is -2.52. The van der Waals surface area contributed by atoms with Gasteiger partial charge >= 0.3 is 8.56 Å². The zero-order valence-corrected chi connectivity index (χ0v) is 15.4. The minimum absolute atomic E-state index is 0. The molecule has 0 aliphatic rings. The Morgan fingerprint density at radius 2 is 1.22 bits per heavy atom. The second-order valence-electron chi connectivity index (χ2n) is 6.02. The molecule has 0 aliphatic carbocycles. The zero-order valence-electron chi connectivity index (χ0n) is 12.4. The van der Waals surface area contributed by atoms with Crippen molar-refractivity contribution in [3.63, 3.8) is 0 Å². The van der Waals surface area contributed by atoms with Crippen molar-refractivity contribution in [2.45, 2.75) is 45.8 Å². The van der Waals surface area contributed by atoms with Crippen molar-refractivity contribution in [3.8, 4) is 35.6 Å². The Morgan fingerprint density at radius 1 is 0.778 bits per heavy atom. The average molecular weight is 299 g/mol. The summed E-state index contributed by atoms with van der Waals surface area (Å²) in [6.45, 7) is 14.8. The van der Waals surface area contributed by atoms with Crippen molar-refractivity contribution in [1.29, 1.82) is 0 Å². The van der Waals surface area contributed by atoms with E-state index in [1.807, 2.05) is 6.55 Å². The Kier molecular flexibility index (Phi) is 6.16. The van der Waals surface area contributed by atoms with Gasteiger partial charge in [0.15, 0.2) is 16.6 Å². The minimum Gasteiger partial charge on any atom is -0.428 e. The van der Waals surface area contributed by atoms with E-state index in [1.54, 1.807) is 0 Å². The number of hydrogen-bond donors (Lipinski definition) is 0. The number of terminal acetylenes is 1. The van der Waals surface area contributed by atoms with Gasteiger partial charge in [-0.15, -0.1) is 6.42 Å². The normalized spacial score (nSPS) is 11.7. The quantitative estimate of drug-likeness (QED) is 0.585. The Bertz CT molecular complexity index is 435. The highest BCUT2D eigenvalue weighted by Crippen LogP contribution is 2.19. The summed E-state index contributed by atoms with van der Waals surface area (Å²) < 4.78 is 12.4. The lowest BCUT2D eigenvalue weighted by atomic mass is 10.6. The third kappa shape index (κ3) is 9.30. The Labute approximate surface area is 118 Å². The van der Waals surface area contributed by atoms with E-state index >= 15 is 0 Å². The summed E-state index contributed by atoms with van der Waals surface area (Å²) in [6, 6.07) is 0. The van der Waals surface area contributed by atoms with Crippen LogP contribution in [0.3, 0.4) is 0 Å². The summed E-state index contributed by atoms with van der Waals surface area (Å²) in [5, 5.41) is 0. The van der Waals surface area contributed by atoms with Gasteiger partial charge in [0.2, 0.25) is 0 Å². The van der Waals surface area contributed by atoms with Gasteiger partial charge in [-0.3, -0.25) is 0 Å². The summed E-state index contributed by atoms with van der Waals surface area (Å²) in [5.74, 6) is 10.1. The van der Waals surface area contributed by atoms with E-state index < -0.39 is 25.2 Å². The van der Waals surface area contributed by atoms with Gasteiger partial charge in [0.05, 0.1) is 0 Å². The van der Waals surface area contributed by atoms with Crippen LogP contribution in [0.1, 0.15) is 2.85 Å². The second kappa shape index (κ2) is 6.43. The molecule has 0 bridgehead atoms. The predicted octanol–water partition coefficient (Wildman–Crippen LogP) is 3.43. The van der Waals surface area contributed by atoms with Crippen LogP contribution in [0.4, 0.5) is 0 Å². The predicted molar refractivity (Wildman–Crippen MR) is 89.1 cm³/mol. The molecule has 5 heteroatoms. The van der Waals surface area contributed by atoms with Gasteiger partial charge < -0.3 is 8.23 Å². The largest absolute Gasteiger partial charge is 0.428 e. The van der Waals surface area contributed by atoms with Crippen LogP contribution in [0.25, 0.3) is 0 Å². The fourth-order valence-corrected chi connectivity index (χ4v) is 12.0. The third-order valence-electron chi connectivity index (χ3n) is 1.49. The molecule has 0 heterocycles. The van der Waals surface area contributed by atoms with E-state index in [1.165, 1.54) is 0 Å². The van der Waals surface area contributed by atoms with Crippen LogP contribution in [-0.2, 0) is 8.23 Å². The first-order valence-corrected chi connectivity index (χ1v) is 15.0. The molecule has 0 N–H and O–H groups in total. The number of rotatable bonds is 4. The van der Waals surface area contributed by atoms with Gasteiger partial charge in [0.25, 0.3) is 0 Å². The Balaban J connectivity index is -0.00000144. The van der Waals surface area contributed by atoms with Crippen molar-refractivity contribution in [1.82, 2.24) is 0 Å². The maximum atomic E-state index is 6.18. The van der Waals surface area contributed by atoms with Crippen molar-refractivity contribution in [3.05, 3.63) is 0 Å². The molecule has 0 spiro atoms. The van der Waals surface area contributed by atoms with Gasteiger partial charge in [-0.05, 0) is 69.5 Å². The van der Waals surface area contributed by atoms with Crippen molar-refractivity contribution in [2.75, 3.05) is 0 Å². The maximum absolute atomic E-state index is 6.18. The van der Waals surface area contributed by atoms with E-state index in [4.69, 9.17) is 14.7 Å². The molecule has 0 saturated carbocycles. The summed E-state index contributed by atoms with van der Waals surface area (Å²) in [4.78, 5) is 0. The van der Waals surface area contributed by atoms with Crippen molar-refractivity contribution >= 4 is 25.2 Å². The van der Waals surface area contributed by atoms with E-state index in [0.29, 0.717) is 0 Å². The smallest absolute Gasteiger partial charge is 0.401 e. The van der Waals surface area contributed by atoms with Gasteiger partial charge in [-0.2, -0.15) is 0 Å². The summed E-state index contributed by atoms with van der Waals surface area (Å²) in [6.07, 6.45) is 5.05. The molecule has 0 saturated heterocycles. The van der Waals surface area contributed by atoms with Crippen LogP contribution >= 0.6 is 0 Å². The van der Waals surface area contributed by atoms with Crippen molar-refractivity contribution < 1.29 is 11.1 Å². The molecule has 0 aliphatic heterocycles. The Morgan fingerprint density at radius 3 is 1.56 bits per heavy atom. The Hall–Kier alpha value is -0.749. The SMILES string of the molecule is C#CC#CC#C[Si](C)(O[Si](C)(C)C)O[Si](C)(C)C.[HH].[HH]. The molecule has 0 aromatic carbocycles. The highest BCUT2D eigenvalue weighted by atomic mass is 28.5. The van der Waals surface area contributed by atoms with Crippen molar-refractivity contribution in [2.24, 2.45) is 0 Å². The molecule has 102 valence electrons. The van der Waals surface area contributed by atoms with E-state index in [0.717, 1.165) is 0 Å². The molecule has 0 atom stereocenters. The molecule has 18 heavy (non-hydrogen) atoms. The van der Waals surface area contributed by atoms with Gasteiger partial charge in [0.1, 0.15) is 0 Å². The minimum atomic E-state index is -2.48. The van der Waals surface area contributed by atoms with Crippen LogP contribution in [0.2, 0.25) is 45.8 Å². The molecule has 0 unspecified atom stereocenters. The summed E-state index contributed by atoms with van der Waals surface area (Å²) >= 11 is 0. The molecule has 0 fully saturated rings. The highest BCUT2D eigenvalue weighted by molar-refractivity contribution is 6.91. The molecule has 0 amide bonds. The topological polar surface area (TPSA) is 18.5 Å². The molecular weight excluding hydrogens is 272 g/mol. The molecule has 0 aromatic heterocycles. The fourth-order valence-electron chi connectivity index (χ4n) is 1.45. The van der Waals surface area contributed by atoms with Crippen LogP contribution in [-0.4, -0.2) is 25.2 Å². The molecular formula is C13H26O2Si3. The first kappa shape index (κ1) is 17.3.